The van der Waals surface area contributed by atoms with Crippen LogP contribution in [0.5, 0.6) is 11.5 Å². The van der Waals surface area contributed by atoms with Gasteiger partial charge in [-0.2, -0.15) is 22.0 Å². The Morgan fingerprint density at radius 2 is 1.50 bits per heavy atom. The van der Waals surface area contributed by atoms with Crippen molar-refractivity contribution in [3.05, 3.63) is 65.7 Å². The molecule has 2 aromatic rings. The number of alkyl halides is 5. The smallest absolute Gasteiger partial charge is 0.426 e. The molecule has 0 amide bonds. The predicted octanol–water partition coefficient (Wildman–Crippen LogP) is 6.02. The van der Waals surface area contributed by atoms with Gasteiger partial charge in [-0.05, 0) is 60.9 Å². The summed E-state index contributed by atoms with van der Waals surface area (Å²) in [6, 6.07) is 10.2. The van der Waals surface area contributed by atoms with Crippen molar-refractivity contribution in [1.29, 1.82) is 0 Å². The maximum atomic E-state index is 14.3. The van der Waals surface area contributed by atoms with Crippen LogP contribution >= 0.6 is 0 Å². The Labute approximate surface area is 169 Å². The zero-order chi connectivity index (χ0) is 22.2. The van der Waals surface area contributed by atoms with Crippen molar-refractivity contribution in [2.24, 2.45) is 0 Å². The maximum absolute atomic E-state index is 14.3. The fourth-order valence-electron chi connectivity index (χ4n) is 2.38. The van der Waals surface area contributed by atoms with Gasteiger partial charge in [0.15, 0.2) is 0 Å². The maximum Gasteiger partial charge on any atom is 0.426 e. The van der Waals surface area contributed by atoms with Crippen LogP contribution in [-0.4, -0.2) is 23.9 Å². The predicted molar refractivity (Wildman–Crippen MR) is 99.5 cm³/mol. The molecule has 0 spiro atoms. The Morgan fingerprint density at radius 3 is 2.07 bits per heavy atom. The lowest BCUT2D eigenvalue weighted by Crippen LogP contribution is -2.21. The van der Waals surface area contributed by atoms with Crippen molar-refractivity contribution in [3.63, 3.8) is 0 Å². The first-order valence-electron chi connectivity index (χ1n) is 8.93. The zero-order valence-electron chi connectivity index (χ0n) is 15.7. The molecule has 0 saturated carbocycles. The molecule has 0 fully saturated rings. The highest BCUT2D eigenvalue weighted by molar-refractivity contribution is 5.85. The molecule has 0 aromatic heterocycles. The summed E-state index contributed by atoms with van der Waals surface area (Å²) < 4.78 is 74.8. The number of carboxylic acids is 1. The molecule has 4 nitrogen and oxygen atoms in total. The largest absolute Gasteiger partial charge is 0.494 e. The first-order valence-corrected chi connectivity index (χ1v) is 8.93. The normalized spacial score (nSPS) is 12.2. The van der Waals surface area contributed by atoms with Crippen molar-refractivity contribution >= 4 is 12.0 Å². The van der Waals surface area contributed by atoms with Crippen LogP contribution in [0, 0.1) is 0 Å². The third-order valence-corrected chi connectivity index (χ3v) is 3.86. The summed E-state index contributed by atoms with van der Waals surface area (Å²) in [5, 5.41) is 8.57. The van der Waals surface area contributed by atoms with E-state index in [9.17, 15) is 26.7 Å². The van der Waals surface area contributed by atoms with Gasteiger partial charge in [-0.1, -0.05) is 12.1 Å². The molecule has 2 aromatic carbocycles. The number of aliphatic carboxylic acids is 1. The van der Waals surface area contributed by atoms with Crippen molar-refractivity contribution in [2.75, 3.05) is 6.61 Å². The number of carboxylic acid groups (broad SMARTS) is 1. The van der Waals surface area contributed by atoms with Crippen LogP contribution in [0.3, 0.4) is 0 Å². The quantitative estimate of drug-likeness (QED) is 0.284. The highest BCUT2D eigenvalue weighted by Crippen LogP contribution is 2.32. The van der Waals surface area contributed by atoms with E-state index in [0.29, 0.717) is 11.3 Å². The van der Waals surface area contributed by atoms with Crippen LogP contribution in [0.4, 0.5) is 22.0 Å². The molecule has 0 aliphatic carbocycles. The van der Waals surface area contributed by atoms with Crippen molar-refractivity contribution < 1.29 is 41.3 Å². The SMILES string of the molecule is O=C(O)C=Cc1ccc(C(F)(F)Oc2ccc(OCCCCC(F)(F)F)cc2)cc1. The Morgan fingerprint density at radius 1 is 0.900 bits per heavy atom. The molecule has 0 atom stereocenters. The van der Waals surface area contributed by atoms with Gasteiger partial charge in [0, 0.05) is 12.5 Å². The van der Waals surface area contributed by atoms with Gasteiger partial charge in [-0.25, -0.2) is 4.79 Å². The van der Waals surface area contributed by atoms with Crippen LogP contribution in [0.15, 0.2) is 54.6 Å². The van der Waals surface area contributed by atoms with Crippen LogP contribution in [0.25, 0.3) is 6.08 Å². The number of unbranched alkanes of at least 4 members (excludes halogenated alkanes) is 1. The minimum absolute atomic E-state index is 0.0538. The molecule has 30 heavy (non-hydrogen) atoms. The van der Waals surface area contributed by atoms with E-state index in [1.54, 1.807) is 0 Å². The summed E-state index contributed by atoms with van der Waals surface area (Å²) in [5.41, 5.74) is 0.0219. The van der Waals surface area contributed by atoms with Crippen molar-refractivity contribution in [1.82, 2.24) is 0 Å². The van der Waals surface area contributed by atoms with Gasteiger partial charge in [-0.3, -0.25) is 0 Å². The number of hydrogen-bond acceptors (Lipinski definition) is 3. The van der Waals surface area contributed by atoms with Gasteiger partial charge >= 0.3 is 18.3 Å². The lowest BCUT2D eigenvalue weighted by atomic mass is 10.1. The Kier molecular flexibility index (Phi) is 7.79. The number of carbonyl (C=O) groups is 1. The highest BCUT2D eigenvalue weighted by Gasteiger charge is 2.34. The van der Waals surface area contributed by atoms with E-state index in [2.05, 4.69) is 0 Å². The third kappa shape index (κ3) is 8.10. The van der Waals surface area contributed by atoms with E-state index >= 15 is 0 Å². The first-order chi connectivity index (χ1) is 14.0. The Hall–Kier alpha value is -3.10. The summed E-state index contributed by atoms with van der Waals surface area (Å²) >= 11 is 0. The topological polar surface area (TPSA) is 55.8 Å². The second kappa shape index (κ2) is 10.1. The van der Waals surface area contributed by atoms with Gasteiger partial charge in [0.1, 0.15) is 11.5 Å². The summed E-state index contributed by atoms with van der Waals surface area (Å²) in [6.07, 6.45) is -6.38. The molecule has 0 heterocycles. The average Bonchev–Trinajstić information content (AvgIpc) is 2.66. The Balaban J connectivity index is 1.88. The summed E-state index contributed by atoms with van der Waals surface area (Å²) in [7, 11) is 0. The van der Waals surface area contributed by atoms with E-state index in [1.807, 2.05) is 0 Å². The van der Waals surface area contributed by atoms with Gasteiger partial charge in [0.2, 0.25) is 0 Å². The first kappa shape index (κ1) is 23.2. The number of ether oxygens (including phenoxy) is 2. The van der Waals surface area contributed by atoms with E-state index in [4.69, 9.17) is 14.6 Å². The molecule has 0 radical (unpaired) electrons. The molecule has 2 rings (SSSR count). The number of rotatable bonds is 10. The number of halogens is 5. The molecule has 0 aliphatic heterocycles. The fraction of sp³-hybridized carbons (Fsp3) is 0.286. The van der Waals surface area contributed by atoms with Gasteiger partial charge in [0.25, 0.3) is 0 Å². The fourth-order valence-corrected chi connectivity index (χ4v) is 2.38. The van der Waals surface area contributed by atoms with Gasteiger partial charge in [0.05, 0.1) is 12.2 Å². The minimum atomic E-state index is -4.19. The van der Waals surface area contributed by atoms with Gasteiger partial charge in [-0.15, -0.1) is 0 Å². The average molecular weight is 430 g/mol. The molecule has 0 unspecified atom stereocenters. The van der Waals surface area contributed by atoms with Crippen LogP contribution in [0.2, 0.25) is 0 Å². The van der Waals surface area contributed by atoms with Crippen LogP contribution in [-0.2, 0) is 10.9 Å². The molecular weight excluding hydrogens is 411 g/mol. The van der Waals surface area contributed by atoms with Crippen molar-refractivity contribution in [2.45, 2.75) is 31.5 Å². The molecule has 0 aliphatic rings. The second-order valence-electron chi connectivity index (χ2n) is 6.30. The van der Waals surface area contributed by atoms with E-state index in [1.165, 1.54) is 42.5 Å². The number of hydrogen-bond donors (Lipinski definition) is 1. The summed E-state index contributed by atoms with van der Waals surface area (Å²) in [4.78, 5) is 10.5. The second-order valence-corrected chi connectivity index (χ2v) is 6.30. The standard InChI is InChI=1S/C21H19F5O4/c22-20(23,24)13-1-2-14-29-17-8-10-18(11-9-17)30-21(25,26)16-6-3-15(4-7-16)5-12-19(27)28/h3-12H,1-2,13-14H2,(H,27,28). The Bertz CT molecular complexity index is 843. The summed E-state index contributed by atoms with van der Waals surface area (Å²) in [5.74, 6) is -0.951. The monoisotopic (exact) mass is 430 g/mol. The molecule has 0 saturated heterocycles. The summed E-state index contributed by atoms with van der Waals surface area (Å²) in [6.45, 7) is 0.0785. The molecule has 9 heteroatoms. The van der Waals surface area contributed by atoms with E-state index in [0.717, 1.165) is 18.2 Å². The molecule has 162 valence electrons. The van der Waals surface area contributed by atoms with E-state index in [-0.39, 0.29) is 25.2 Å². The highest BCUT2D eigenvalue weighted by atomic mass is 19.4. The van der Waals surface area contributed by atoms with Crippen molar-refractivity contribution in [3.8, 4) is 11.5 Å². The lowest BCUT2D eigenvalue weighted by Gasteiger charge is -2.18. The zero-order valence-corrected chi connectivity index (χ0v) is 15.7. The minimum Gasteiger partial charge on any atom is -0.494 e. The van der Waals surface area contributed by atoms with Gasteiger partial charge < -0.3 is 14.6 Å². The van der Waals surface area contributed by atoms with Crippen LogP contribution in [0.1, 0.15) is 30.4 Å². The molecular formula is C21H19F5O4. The lowest BCUT2D eigenvalue weighted by molar-refractivity contribution is -0.185. The van der Waals surface area contributed by atoms with Crippen LogP contribution < -0.4 is 9.47 Å². The molecule has 0 bridgehead atoms. The molecule has 1 N–H and O–H groups in total. The number of benzene rings is 2. The third-order valence-electron chi connectivity index (χ3n) is 3.86. The van der Waals surface area contributed by atoms with E-state index < -0.39 is 30.2 Å².